The van der Waals surface area contributed by atoms with E-state index in [4.69, 9.17) is 4.74 Å². The van der Waals surface area contributed by atoms with Gasteiger partial charge in [-0.15, -0.1) is 0 Å². The first kappa shape index (κ1) is 14.5. The maximum absolute atomic E-state index is 11.7. The predicted octanol–water partition coefficient (Wildman–Crippen LogP) is 2.05. The van der Waals surface area contributed by atoms with Gasteiger partial charge in [-0.25, -0.2) is 13.4 Å². The standard InChI is InChI=1S/C15H15N3O3S/c1-18-14-5-4-12(22(3,19)20)7-13(14)17-15(18)10-6-11(21-2)9-16-8-10/h4-9H,1-3H3. The van der Waals surface area contributed by atoms with Crippen LogP contribution in [-0.2, 0) is 16.9 Å². The molecule has 3 rings (SSSR count). The van der Waals surface area contributed by atoms with E-state index in [9.17, 15) is 8.42 Å². The van der Waals surface area contributed by atoms with Crippen LogP contribution in [0.25, 0.3) is 22.4 Å². The number of sulfone groups is 1. The number of aromatic nitrogens is 3. The van der Waals surface area contributed by atoms with Gasteiger partial charge < -0.3 is 9.30 Å². The molecule has 0 unspecified atom stereocenters. The molecule has 0 radical (unpaired) electrons. The molecular weight excluding hydrogens is 302 g/mol. The summed E-state index contributed by atoms with van der Waals surface area (Å²) >= 11 is 0. The fourth-order valence-corrected chi connectivity index (χ4v) is 2.96. The van der Waals surface area contributed by atoms with E-state index >= 15 is 0 Å². The van der Waals surface area contributed by atoms with Gasteiger partial charge in [0.25, 0.3) is 0 Å². The second-order valence-corrected chi connectivity index (χ2v) is 7.05. The van der Waals surface area contributed by atoms with Gasteiger partial charge in [0, 0.05) is 25.1 Å². The third kappa shape index (κ3) is 2.43. The first-order chi connectivity index (χ1) is 10.4. The number of imidazole rings is 1. The fourth-order valence-electron chi connectivity index (χ4n) is 2.32. The molecule has 0 fully saturated rings. The highest BCUT2D eigenvalue weighted by Crippen LogP contribution is 2.26. The lowest BCUT2D eigenvalue weighted by atomic mass is 10.2. The Labute approximate surface area is 128 Å². The highest BCUT2D eigenvalue weighted by Gasteiger charge is 2.14. The van der Waals surface area contributed by atoms with Gasteiger partial charge in [-0.3, -0.25) is 4.98 Å². The Balaban J connectivity index is 2.21. The van der Waals surface area contributed by atoms with Gasteiger partial charge in [0.15, 0.2) is 9.84 Å². The van der Waals surface area contributed by atoms with E-state index < -0.39 is 9.84 Å². The predicted molar refractivity (Wildman–Crippen MR) is 83.6 cm³/mol. The molecule has 2 heterocycles. The van der Waals surface area contributed by atoms with Crippen molar-refractivity contribution < 1.29 is 13.2 Å². The first-order valence-electron chi connectivity index (χ1n) is 6.56. The third-order valence-corrected chi connectivity index (χ3v) is 4.60. The van der Waals surface area contributed by atoms with Gasteiger partial charge in [0.05, 0.1) is 29.2 Å². The Morgan fingerprint density at radius 3 is 2.64 bits per heavy atom. The Hall–Kier alpha value is -2.41. The van der Waals surface area contributed by atoms with Crippen LogP contribution in [0.4, 0.5) is 0 Å². The zero-order chi connectivity index (χ0) is 15.9. The molecule has 3 aromatic rings. The van der Waals surface area contributed by atoms with Crippen molar-refractivity contribution in [2.24, 2.45) is 7.05 Å². The molecule has 0 N–H and O–H groups in total. The lowest BCUT2D eigenvalue weighted by molar-refractivity contribution is 0.413. The van der Waals surface area contributed by atoms with E-state index in [1.807, 2.05) is 17.7 Å². The van der Waals surface area contributed by atoms with Crippen LogP contribution in [-0.4, -0.2) is 36.3 Å². The average Bonchev–Trinajstić information content (AvgIpc) is 2.83. The number of benzene rings is 1. The normalized spacial score (nSPS) is 11.8. The number of aryl methyl sites for hydroxylation is 1. The monoisotopic (exact) mass is 317 g/mol. The highest BCUT2D eigenvalue weighted by atomic mass is 32.2. The number of rotatable bonds is 3. The molecule has 7 heteroatoms. The topological polar surface area (TPSA) is 74.1 Å². The molecule has 0 bridgehead atoms. The van der Waals surface area contributed by atoms with Gasteiger partial charge in [-0.05, 0) is 24.3 Å². The van der Waals surface area contributed by atoms with Gasteiger partial charge in [-0.1, -0.05) is 0 Å². The number of hydrogen-bond acceptors (Lipinski definition) is 5. The Morgan fingerprint density at radius 2 is 1.95 bits per heavy atom. The Bertz CT molecular complexity index is 961. The Morgan fingerprint density at radius 1 is 1.18 bits per heavy atom. The molecule has 6 nitrogen and oxygen atoms in total. The number of pyridine rings is 1. The number of hydrogen-bond donors (Lipinski definition) is 0. The van der Waals surface area contributed by atoms with E-state index in [0.29, 0.717) is 17.1 Å². The molecule has 0 spiro atoms. The van der Waals surface area contributed by atoms with Gasteiger partial charge >= 0.3 is 0 Å². The number of nitrogens with zero attached hydrogens (tertiary/aromatic N) is 3. The van der Waals surface area contributed by atoms with Crippen LogP contribution in [0.2, 0.25) is 0 Å². The quantitative estimate of drug-likeness (QED) is 0.739. The molecule has 0 aliphatic carbocycles. The molecule has 22 heavy (non-hydrogen) atoms. The summed E-state index contributed by atoms with van der Waals surface area (Å²) in [6, 6.07) is 6.77. The van der Waals surface area contributed by atoms with Crippen LogP contribution in [0.5, 0.6) is 5.75 Å². The van der Waals surface area contributed by atoms with Crippen molar-refractivity contribution in [3.63, 3.8) is 0 Å². The molecule has 0 saturated heterocycles. The summed E-state index contributed by atoms with van der Waals surface area (Å²) in [7, 11) is 0.202. The van der Waals surface area contributed by atoms with Crippen molar-refractivity contribution >= 4 is 20.9 Å². The van der Waals surface area contributed by atoms with E-state index in [2.05, 4.69) is 9.97 Å². The summed E-state index contributed by atoms with van der Waals surface area (Å²) in [5.74, 6) is 1.34. The summed E-state index contributed by atoms with van der Waals surface area (Å²) in [5.41, 5.74) is 2.28. The second-order valence-electron chi connectivity index (χ2n) is 5.03. The van der Waals surface area contributed by atoms with Gasteiger partial charge in [0.1, 0.15) is 11.6 Å². The van der Waals surface area contributed by atoms with Crippen molar-refractivity contribution in [1.29, 1.82) is 0 Å². The number of ether oxygens (including phenoxy) is 1. The van der Waals surface area contributed by atoms with Crippen LogP contribution < -0.4 is 4.74 Å². The highest BCUT2D eigenvalue weighted by molar-refractivity contribution is 7.90. The molecule has 0 aliphatic heterocycles. The minimum Gasteiger partial charge on any atom is -0.495 e. The maximum atomic E-state index is 11.7. The van der Waals surface area contributed by atoms with Crippen LogP contribution in [0.15, 0.2) is 41.6 Å². The molecule has 1 aromatic carbocycles. The van der Waals surface area contributed by atoms with Crippen molar-refractivity contribution in [2.45, 2.75) is 4.90 Å². The first-order valence-corrected chi connectivity index (χ1v) is 8.45. The van der Waals surface area contributed by atoms with Crippen molar-refractivity contribution in [2.75, 3.05) is 13.4 Å². The van der Waals surface area contributed by atoms with Crippen molar-refractivity contribution in [3.8, 4) is 17.1 Å². The molecule has 0 saturated carbocycles. The van der Waals surface area contributed by atoms with E-state index in [1.54, 1.807) is 37.7 Å². The average molecular weight is 317 g/mol. The van der Waals surface area contributed by atoms with Crippen LogP contribution in [0.3, 0.4) is 0 Å². The molecule has 0 amide bonds. The smallest absolute Gasteiger partial charge is 0.175 e. The van der Waals surface area contributed by atoms with Crippen LogP contribution >= 0.6 is 0 Å². The summed E-state index contributed by atoms with van der Waals surface area (Å²) < 4.78 is 30.4. The van der Waals surface area contributed by atoms with Crippen molar-refractivity contribution in [1.82, 2.24) is 14.5 Å². The lowest BCUT2D eigenvalue weighted by Crippen LogP contribution is -1.96. The zero-order valence-corrected chi connectivity index (χ0v) is 13.3. The summed E-state index contributed by atoms with van der Waals surface area (Å²) in [6.45, 7) is 0. The zero-order valence-electron chi connectivity index (χ0n) is 12.4. The molecule has 2 aromatic heterocycles. The lowest BCUT2D eigenvalue weighted by Gasteiger charge is -2.04. The minimum absolute atomic E-state index is 0.258. The molecule has 114 valence electrons. The summed E-state index contributed by atoms with van der Waals surface area (Å²) in [6.07, 6.45) is 4.50. The summed E-state index contributed by atoms with van der Waals surface area (Å²) in [4.78, 5) is 8.92. The summed E-state index contributed by atoms with van der Waals surface area (Å²) in [5, 5.41) is 0. The van der Waals surface area contributed by atoms with Crippen LogP contribution in [0.1, 0.15) is 0 Å². The van der Waals surface area contributed by atoms with Crippen LogP contribution in [0, 0.1) is 0 Å². The van der Waals surface area contributed by atoms with E-state index in [1.165, 1.54) is 6.26 Å². The number of fused-ring (bicyclic) bond motifs is 1. The van der Waals surface area contributed by atoms with Gasteiger partial charge in [-0.2, -0.15) is 0 Å². The van der Waals surface area contributed by atoms with Gasteiger partial charge in [0.2, 0.25) is 0 Å². The Kier molecular flexibility index (Phi) is 3.37. The fraction of sp³-hybridized carbons (Fsp3) is 0.200. The second kappa shape index (κ2) is 5.10. The number of methoxy groups -OCH3 is 1. The third-order valence-electron chi connectivity index (χ3n) is 3.49. The molecule has 0 aliphatic rings. The minimum atomic E-state index is -3.25. The molecular formula is C15H15N3O3S. The molecule has 0 atom stereocenters. The van der Waals surface area contributed by atoms with E-state index in [0.717, 1.165) is 11.1 Å². The maximum Gasteiger partial charge on any atom is 0.175 e. The van der Waals surface area contributed by atoms with Crippen molar-refractivity contribution in [3.05, 3.63) is 36.7 Å². The largest absolute Gasteiger partial charge is 0.495 e. The SMILES string of the molecule is COc1cncc(-c2nc3cc(S(C)(=O)=O)ccc3n2C)c1. The van der Waals surface area contributed by atoms with E-state index in [-0.39, 0.29) is 4.90 Å².